The number of anilines is 1. The van der Waals surface area contributed by atoms with Crippen LogP contribution in [0.2, 0.25) is 0 Å². The van der Waals surface area contributed by atoms with Gasteiger partial charge in [0.15, 0.2) is 0 Å². The smallest absolute Gasteiger partial charge is 0.288 e. The third-order valence-corrected chi connectivity index (χ3v) is 6.01. The summed E-state index contributed by atoms with van der Waals surface area (Å²) in [5, 5.41) is 2.61. The summed E-state index contributed by atoms with van der Waals surface area (Å²) in [6, 6.07) is 7.74. The number of benzene rings is 1. The van der Waals surface area contributed by atoms with E-state index in [1.807, 2.05) is 31.2 Å². The Morgan fingerprint density at radius 1 is 1.18 bits per heavy atom. The fraction of sp³-hybridized carbons (Fsp3) is 0.526. The fourth-order valence-corrected chi connectivity index (χ4v) is 4.11. The Labute approximate surface area is 169 Å². The fourth-order valence-electron chi connectivity index (χ4n) is 3.36. The van der Waals surface area contributed by atoms with Crippen molar-refractivity contribution >= 4 is 34.5 Å². The predicted octanol–water partition coefficient (Wildman–Crippen LogP) is 1.02. The minimum atomic E-state index is -0.252. The Morgan fingerprint density at radius 2 is 1.86 bits per heavy atom. The number of carbonyl (C=O) groups is 3. The molecule has 3 rings (SSSR count). The number of ether oxygens (including phenoxy) is 1. The predicted molar refractivity (Wildman–Crippen MR) is 109 cm³/mol. The number of thioether (sulfide) groups is 1. The van der Waals surface area contributed by atoms with E-state index in [0.717, 1.165) is 49.4 Å². The van der Waals surface area contributed by atoms with E-state index in [4.69, 9.17) is 4.74 Å². The summed E-state index contributed by atoms with van der Waals surface area (Å²) in [5.41, 5.74) is 1.15. The van der Waals surface area contributed by atoms with E-state index in [0.29, 0.717) is 0 Å². The van der Waals surface area contributed by atoms with E-state index in [9.17, 15) is 14.4 Å². The Kier molecular flexibility index (Phi) is 6.79. The van der Waals surface area contributed by atoms with Crippen LogP contribution in [0.4, 0.5) is 10.5 Å². The summed E-state index contributed by atoms with van der Waals surface area (Å²) in [4.78, 5) is 41.2. The van der Waals surface area contributed by atoms with Crippen LogP contribution >= 0.6 is 11.8 Å². The highest BCUT2D eigenvalue weighted by Crippen LogP contribution is 2.21. The minimum Gasteiger partial charge on any atom is -0.497 e. The van der Waals surface area contributed by atoms with E-state index in [1.54, 1.807) is 7.11 Å². The van der Waals surface area contributed by atoms with Gasteiger partial charge in [0, 0.05) is 45.0 Å². The second-order valence-corrected chi connectivity index (χ2v) is 7.71. The zero-order valence-corrected chi connectivity index (χ0v) is 17.0. The second-order valence-electron chi connectivity index (χ2n) is 6.79. The number of methoxy groups -OCH3 is 1. The number of hydrogen-bond acceptors (Lipinski definition) is 7. The third kappa shape index (κ3) is 4.77. The van der Waals surface area contributed by atoms with Gasteiger partial charge in [0.1, 0.15) is 5.75 Å². The Balaban J connectivity index is 1.42. The van der Waals surface area contributed by atoms with Crippen LogP contribution in [-0.4, -0.2) is 85.0 Å². The summed E-state index contributed by atoms with van der Waals surface area (Å²) >= 11 is 1.01. The van der Waals surface area contributed by atoms with Gasteiger partial charge < -0.3 is 15.0 Å². The molecule has 0 aromatic heterocycles. The Morgan fingerprint density at radius 3 is 2.43 bits per heavy atom. The molecular formula is C19H26N4O4S. The first-order chi connectivity index (χ1) is 13.5. The van der Waals surface area contributed by atoms with Gasteiger partial charge >= 0.3 is 0 Å². The monoisotopic (exact) mass is 406 g/mol. The molecule has 2 heterocycles. The van der Waals surface area contributed by atoms with Crippen molar-refractivity contribution in [3.63, 3.8) is 0 Å². The maximum Gasteiger partial charge on any atom is 0.288 e. The minimum absolute atomic E-state index is 0.0790. The molecule has 3 amide bonds. The van der Waals surface area contributed by atoms with Gasteiger partial charge in [-0.1, -0.05) is 11.8 Å². The molecule has 152 valence electrons. The largest absolute Gasteiger partial charge is 0.497 e. The summed E-state index contributed by atoms with van der Waals surface area (Å²) in [5.74, 6) is 0.766. The summed E-state index contributed by atoms with van der Waals surface area (Å²) in [6.45, 7) is 5.68. The van der Waals surface area contributed by atoms with Crippen molar-refractivity contribution in [2.45, 2.75) is 13.0 Å². The van der Waals surface area contributed by atoms with E-state index >= 15 is 0 Å². The highest BCUT2D eigenvalue weighted by atomic mass is 32.2. The van der Waals surface area contributed by atoms with E-state index in [2.05, 4.69) is 15.1 Å². The topological polar surface area (TPSA) is 82.2 Å². The molecule has 8 nitrogen and oxygen atoms in total. The standard InChI is InChI=1S/C19H26N4O4S/c1-14(18(25)20-7-8-23-17(24)13-28-19(23)26)21-9-11-22(12-10-21)15-3-5-16(27-2)6-4-15/h3-6,14H,7-13H2,1-2H3,(H,20,25)/t14-/m1/s1. The van der Waals surface area contributed by atoms with Crippen LogP contribution in [0.25, 0.3) is 0 Å². The van der Waals surface area contributed by atoms with E-state index in [-0.39, 0.29) is 41.9 Å². The Hall–Kier alpha value is -2.26. The number of nitrogens with one attached hydrogen (secondary N) is 1. The number of hydrogen-bond donors (Lipinski definition) is 1. The molecule has 2 aliphatic rings. The molecule has 1 N–H and O–H groups in total. The molecule has 2 aliphatic heterocycles. The molecule has 9 heteroatoms. The molecule has 1 aromatic carbocycles. The van der Waals surface area contributed by atoms with E-state index in [1.165, 1.54) is 4.90 Å². The van der Waals surface area contributed by atoms with Crippen LogP contribution in [0.1, 0.15) is 6.92 Å². The summed E-state index contributed by atoms with van der Waals surface area (Å²) in [6.07, 6.45) is 0. The highest BCUT2D eigenvalue weighted by molar-refractivity contribution is 8.14. The first-order valence-electron chi connectivity index (χ1n) is 9.37. The lowest BCUT2D eigenvalue weighted by atomic mass is 10.2. The normalized spacial score (nSPS) is 19.1. The van der Waals surface area contributed by atoms with Gasteiger partial charge in [-0.3, -0.25) is 24.2 Å². The number of nitrogens with zero attached hydrogens (tertiary/aromatic N) is 3. The molecule has 0 aliphatic carbocycles. The van der Waals surface area contributed by atoms with E-state index < -0.39 is 0 Å². The molecule has 1 atom stereocenters. The van der Waals surface area contributed by atoms with Crippen LogP contribution in [0.15, 0.2) is 24.3 Å². The second kappa shape index (κ2) is 9.29. The number of piperazine rings is 1. The molecular weight excluding hydrogens is 380 g/mol. The quantitative estimate of drug-likeness (QED) is 0.724. The van der Waals surface area contributed by atoms with Gasteiger partial charge in [-0.25, -0.2) is 0 Å². The molecule has 0 radical (unpaired) electrons. The lowest BCUT2D eigenvalue weighted by Crippen LogP contribution is -2.54. The van der Waals surface area contributed by atoms with Crippen molar-refractivity contribution in [3.05, 3.63) is 24.3 Å². The van der Waals surface area contributed by atoms with Gasteiger partial charge in [-0.2, -0.15) is 0 Å². The van der Waals surface area contributed by atoms with Gasteiger partial charge in [-0.05, 0) is 31.2 Å². The third-order valence-electron chi connectivity index (χ3n) is 5.15. The number of imide groups is 1. The summed E-state index contributed by atoms with van der Waals surface area (Å²) in [7, 11) is 1.65. The summed E-state index contributed by atoms with van der Waals surface area (Å²) < 4.78 is 5.20. The van der Waals surface area contributed by atoms with Crippen LogP contribution in [0.5, 0.6) is 5.75 Å². The molecule has 2 fully saturated rings. The van der Waals surface area contributed by atoms with Crippen LogP contribution in [0.3, 0.4) is 0 Å². The van der Waals surface area contributed by atoms with Crippen molar-refractivity contribution in [3.8, 4) is 5.75 Å². The van der Waals surface area contributed by atoms with Crippen molar-refractivity contribution in [1.82, 2.24) is 15.1 Å². The van der Waals surface area contributed by atoms with Crippen molar-refractivity contribution in [1.29, 1.82) is 0 Å². The zero-order valence-electron chi connectivity index (χ0n) is 16.2. The molecule has 0 bridgehead atoms. The number of rotatable bonds is 7. The average molecular weight is 407 g/mol. The van der Waals surface area contributed by atoms with Crippen LogP contribution < -0.4 is 15.0 Å². The lowest BCUT2D eigenvalue weighted by molar-refractivity contribution is -0.127. The van der Waals surface area contributed by atoms with Gasteiger partial charge in [0.05, 0.1) is 18.9 Å². The lowest BCUT2D eigenvalue weighted by Gasteiger charge is -2.38. The first kappa shape index (κ1) is 20.5. The number of carbonyl (C=O) groups excluding carboxylic acids is 3. The van der Waals surface area contributed by atoms with Crippen LogP contribution in [-0.2, 0) is 9.59 Å². The van der Waals surface area contributed by atoms with Crippen LogP contribution in [0, 0.1) is 0 Å². The van der Waals surface area contributed by atoms with Gasteiger partial charge in [0.25, 0.3) is 5.24 Å². The first-order valence-corrected chi connectivity index (χ1v) is 10.4. The molecule has 28 heavy (non-hydrogen) atoms. The molecule has 0 unspecified atom stereocenters. The molecule has 2 saturated heterocycles. The molecule has 0 spiro atoms. The van der Waals surface area contributed by atoms with Gasteiger partial charge in [0.2, 0.25) is 11.8 Å². The van der Waals surface area contributed by atoms with Crippen molar-refractivity contribution in [2.24, 2.45) is 0 Å². The molecule has 1 aromatic rings. The highest BCUT2D eigenvalue weighted by Gasteiger charge is 2.30. The van der Waals surface area contributed by atoms with Gasteiger partial charge in [-0.15, -0.1) is 0 Å². The average Bonchev–Trinajstić information content (AvgIpc) is 3.05. The maximum atomic E-state index is 12.4. The zero-order chi connectivity index (χ0) is 20.1. The number of amides is 3. The van der Waals surface area contributed by atoms with Crippen molar-refractivity contribution in [2.75, 3.05) is 57.0 Å². The maximum absolute atomic E-state index is 12.4. The van der Waals surface area contributed by atoms with Crippen molar-refractivity contribution < 1.29 is 19.1 Å². The molecule has 0 saturated carbocycles. The SMILES string of the molecule is COc1ccc(N2CCN([C@H](C)C(=O)NCCN3C(=O)CSC3=O)CC2)cc1. The Bertz CT molecular complexity index is 703.